The third-order valence-electron chi connectivity index (χ3n) is 6.69. The van der Waals surface area contributed by atoms with Crippen LogP contribution < -0.4 is 69.3 Å². The molecular weight excluding hydrogens is 490 g/mol. The molecule has 0 aromatic carbocycles. The van der Waals surface area contributed by atoms with Crippen LogP contribution in [0.5, 0.6) is 0 Å². The number of aliphatic carboxylic acids is 2. The van der Waals surface area contributed by atoms with Crippen LogP contribution in [0.1, 0.15) is 136 Å². The van der Waals surface area contributed by atoms with Gasteiger partial charge in [0.15, 0.2) is 0 Å². The van der Waals surface area contributed by atoms with Crippen molar-refractivity contribution in [1.29, 1.82) is 0 Å². The molecule has 0 aromatic rings. The second kappa shape index (κ2) is 23.9. The van der Waals surface area contributed by atoms with Crippen LogP contribution in [0.2, 0.25) is 0 Å². The molecule has 10 heteroatoms. The van der Waals surface area contributed by atoms with Gasteiger partial charge in [0.2, 0.25) is 0 Å². The number of hydrogen-bond acceptors (Lipinski definition) is 6. The molecule has 0 spiro atoms. The predicted molar refractivity (Wildman–Crippen MR) is 127 cm³/mol. The van der Waals surface area contributed by atoms with E-state index in [1.807, 2.05) is 0 Å². The summed E-state index contributed by atoms with van der Waals surface area (Å²) in [4.78, 5) is 23.4. The van der Waals surface area contributed by atoms with E-state index in [1.54, 1.807) is 0 Å². The SMILES string of the molecule is CCCCCCCCCCC(CC(=O)[O-])C(CCCCCCCCCC)(C(=O)[O-])S(=O)(=O)O.[Na+].[Na+]. The normalized spacial score (nSPS) is 13.8. The third kappa shape index (κ3) is 17.1. The van der Waals surface area contributed by atoms with Crippen LogP contribution in [-0.4, -0.2) is 29.7 Å². The second-order valence-corrected chi connectivity index (χ2v) is 11.1. The Hall–Kier alpha value is 0.850. The first-order valence-corrected chi connectivity index (χ1v) is 14.5. The number of rotatable bonds is 23. The van der Waals surface area contributed by atoms with Crippen molar-refractivity contribution >= 4 is 22.1 Å². The van der Waals surface area contributed by atoms with Crippen LogP contribution in [-0.2, 0) is 19.7 Å². The van der Waals surface area contributed by atoms with Gasteiger partial charge < -0.3 is 19.8 Å². The van der Waals surface area contributed by atoms with Gasteiger partial charge in [-0.15, -0.1) is 0 Å². The van der Waals surface area contributed by atoms with Crippen molar-refractivity contribution in [3.63, 3.8) is 0 Å². The van der Waals surface area contributed by atoms with Gasteiger partial charge in [0.25, 0.3) is 10.1 Å². The molecule has 0 aliphatic rings. The Balaban J connectivity index is -0.00000512. The molecule has 0 rings (SSSR count). The smallest absolute Gasteiger partial charge is 0.550 e. The molecule has 7 nitrogen and oxygen atoms in total. The van der Waals surface area contributed by atoms with Crippen molar-refractivity contribution < 1.29 is 91.9 Å². The van der Waals surface area contributed by atoms with Crippen LogP contribution in [0.15, 0.2) is 0 Å². The zero-order valence-corrected chi connectivity index (χ0v) is 27.6. The molecule has 2 atom stereocenters. The molecule has 0 fully saturated rings. The van der Waals surface area contributed by atoms with E-state index in [1.165, 1.54) is 19.3 Å². The zero-order chi connectivity index (χ0) is 25.2. The summed E-state index contributed by atoms with van der Waals surface area (Å²) in [6, 6.07) is 0. The van der Waals surface area contributed by atoms with E-state index < -0.39 is 39.1 Å². The van der Waals surface area contributed by atoms with Crippen molar-refractivity contribution in [2.45, 2.75) is 141 Å². The average Bonchev–Trinajstić information content (AvgIpc) is 2.72. The van der Waals surface area contributed by atoms with Crippen LogP contribution in [0.25, 0.3) is 0 Å². The number of carboxylic acid groups (broad SMARTS) is 2. The van der Waals surface area contributed by atoms with E-state index in [0.29, 0.717) is 12.8 Å². The Morgan fingerprint density at radius 3 is 1.43 bits per heavy atom. The standard InChI is InChI=1S/C25H48O7S.2Na/c1-3-5-7-9-11-13-15-17-19-22(21-23(26)27)25(24(28)29,33(30,31)32)20-18-16-14-12-10-8-6-4-2;;/h22H,3-21H2,1-2H3,(H,26,27)(H,28,29)(H,30,31,32);;/q;2*+1/p-2. The number of unbranched alkanes of at least 4 members (excludes halogenated alkanes) is 14. The van der Waals surface area contributed by atoms with E-state index in [9.17, 15) is 32.8 Å². The van der Waals surface area contributed by atoms with E-state index in [4.69, 9.17) is 0 Å². The summed E-state index contributed by atoms with van der Waals surface area (Å²) < 4.78 is 32.0. The Morgan fingerprint density at radius 1 is 0.714 bits per heavy atom. The van der Waals surface area contributed by atoms with Crippen molar-refractivity contribution in [3.8, 4) is 0 Å². The van der Waals surface area contributed by atoms with Crippen LogP contribution in [0, 0.1) is 5.92 Å². The van der Waals surface area contributed by atoms with Crippen molar-refractivity contribution in [1.82, 2.24) is 0 Å². The second-order valence-electron chi connectivity index (χ2n) is 9.41. The van der Waals surface area contributed by atoms with Gasteiger partial charge in [0, 0.05) is 5.97 Å². The summed E-state index contributed by atoms with van der Waals surface area (Å²) in [6.45, 7) is 4.27. The maximum Gasteiger partial charge on any atom is 1.00 e. The van der Waals surface area contributed by atoms with Gasteiger partial charge in [0.05, 0.1) is 5.97 Å². The summed E-state index contributed by atoms with van der Waals surface area (Å²) in [7, 11) is -5.09. The van der Waals surface area contributed by atoms with E-state index in [2.05, 4.69) is 13.8 Å². The number of carboxylic acids is 2. The van der Waals surface area contributed by atoms with Gasteiger partial charge in [-0.1, -0.05) is 117 Å². The van der Waals surface area contributed by atoms with E-state index in [0.717, 1.165) is 64.2 Å². The Morgan fingerprint density at radius 2 is 1.09 bits per heavy atom. The molecule has 196 valence electrons. The monoisotopic (exact) mass is 536 g/mol. The predicted octanol–water partition coefficient (Wildman–Crippen LogP) is -1.81. The van der Waals surface area contributed by atoms with Gasteiger partial charge in [-0.25, -0.2) is 0 Å². The van der Waals surface area contributed by atoms with Crippen molar-refractivity contribution in [3.05, 3.63) is 0 Å². The fraction of sp³-hybridized carbons (Fsp3) is 0.920. The molecule has 35 heavy (non-hydrogen) atoms. The van der Waals surface area contributed by atoms with Gasteiger partial charge >= 0.3 is 59.1 Å². The quantitative estimate of drug-likeness (QED) is 0.0924. The Labute approximate surface area is 258 Å². The molecule has 2 unspecified atom stereocenters. The Bertz CT molecular complexity index is 644. The number of carbonyl (C=O) groups excluding carboxylic acids is 2. The minimum Gasteiger partial charge on any atom is -0.550 e. The summed E-state index contributed by atoms with van der Waals surface area (Å²) in [5.74, 6) is -4.73. The fourth-order valence-corrected chi connectivity index (χ4v) is 5.90. The van der Waals surface area contributed by atoms with Crippen molar-refractivity contribution in [2.24, 2.45) is 5.92 Å². The van der Waals surface area contributed by atoms with Gasteiger partial charge in [-0.05, 0) is 25.2 Å². The minimum atomic E-state index is -5.09. The molecule has 0 bridgehead atoms. The van der Waals surface area contributed by atoms with Gasteiger partial charge in [0.1, 0.15) is 4.75 Å². The molecule has 1 N–H and O–H groups in total. The molecule has 0 amide bonds. The third-order valence-corrected chi connectivity index (χ3v) is 8.31. The summed E-state index contributed by atoms with van der Waals surface area (Å²) in [5, 5.41) is 23.4. The molecule has 0 aliphatic carbocycles. The summed E-state index contributed by atoms with van der Waals surface area (Å²) in [5.41, 5.74) is 0. The summed E-state index contributed by atoms with van der Waals surface area (Å²) >= 11 is 0. The first-order chi connectivity index (χ1) is 15.6. The molecule has 0 saturated heterocycles. The van der Waals surface area contributed by atoms with Crippen LogP contribution >= 0.6 is 0 Å². The first kappa shape index (κ1) is 40.3. The largest absolute Gasteiger partial charge is 1.00 e. The summed E-state index contributed by atoms with van der Waals surface area (Å²) in [6.07, 6.45) is 14.0. The maximum atomic E-state index is 12.3. The maximum absolute atomic E-state index is 12.3. The van der Waals surface area contributed by atoms with Gasteiger partial charge in [-0.2, -0.15) is 8.42 Å². The minimum absolute atomic E-state index is 0. The topological polar surface area (TPSA) is 135 Å². The molecule has 0 heterocycles. The van der Waals surface area contributed by atoms with E-state index >= 15 is 0 Å². The molecule has 0 saturated carbocycles. The number of carbonyl (C=O) groups is 2. The van der Waals surface area contributed by atoms with Crippen LogP contribution in [0.3, 0.4) is 0 Å². The zero-order valence-electron chi connectivity index (χ0n) is 22.8. The van der Waals surface area contributed by atoms with Gasteiger partial charge in [-0.3, -0.25) is 4.55 Å². The van der Waals surface area contributed by atoms with E-state index in [-0.39, 0.29) is 78.4 Å². The Kier molecular flexibility index (Phi) is 27.6. The molecule has 0 aliphatic heterocycles. The average molecular weight is 537 g/mol. The van der Waals surface area contributed by atoms with Crippen molar-refractivity contribution in [2.75, 3.05) is 0 Å². The molecule has 0 aromatic heterocycles. The molecular formula is C25H46Na2O7S. The number of hydrogen-bond donors (Lipinski definition) is 1. The first-order valence-electron chi connectivity index (χ1n) is 13.0. The fourth-order valence-electron chi connectivity index (χ4n) is 4.67. The molecule has 0 radical (unpaired) electrons. The van der Waals surface area contributed by atoms with Crippen LogP contribution in [0.4, 0.5) is 0 Å².